The van der Waals surface area contributed by atoms with Crippen molar-refractivity contribution in [2.24, 2.45) is 11.0 Å². The first-order chi connectivity index (χ1) is 12.5. The van der Waals surface area contributed by atoms with Gasteiger partial charge in [0.15, 0.2) is 0 Å². The van der Waals surface area contributed by atoms with E-state index in [0.29, 0.717) is 6.42 Å². The first-order valence-electron chi connectivity index (χ1n) is 7.89. The average molecular weight is 374 g/mol. The Labute approximate surface area is 151 Å². The van der Waals surface area contributed by atoms with Crippen molar-refractivity contribution >= 4 is 21.6 Å². The van der Waals surface area contributed by atoms with E-state index in [0.717, 1.165) is 11.3 Å². The van der Waals surface area contributed by atoms with Crippen LogP contribution < -0.4 is 16.0 Å². The van der Waals surface area contributed by atoms with Gasteiger partial charge in [-0.25, -0.2) is 19.0 Å². The number of hydrogen-bond acceptors (Lipinski definition) is 6. The molecule has 3 rings (SSSR count). The summed E-state index contributed by atoms with van der Waals surface area (Å²) >= 11 is 0. The van der Waals surface area contributed by atoms with Crippen LogP contribution in [0.4, 0.5) is 0 Å². The van der Waals surface area contributed by atoms with Gasteiger partial charge in [0, 0.05) is 6.42 Å². The van der Waals surface area contributed by atoms with Gasteiger partial charge in [-0.15, -0.1) is 0 Å². The number of hydrazine groups is 1. The number of nitrogen functional groups attached to an aromatic ring is 1. The van der Waals surface area contributed by atoms with Crippen molar-refractivity contribution in [1.82, 2.24) is 10.1 Å². The van der Waals surface area contributed by atoms with Crippen molar-refractivity contribution < 1.29 is 18.0 Å². The standard InChI is InChI=1S/C17H18N4O4S/c18-20-17(22)14-8-4-5-9-16(14)26(23,24)19-11-13-10-15(21-25-13)12-6-2-1-3-7-12/h1-9,13,19H,10-11,18H2,(H,20,22). The van der Waals surface area contributed by atoms with Crippen LogP contribution in [0.15, 0.2) is 64.6 Å². The average Bonchev–Trinajstić information content (AvgIpc) is 3.16. The van der Waals surface area contributed by atoms with E-state index in [4.69, 9.17) is 10.7 Å². The van der Waals surface area contributed by atoms with E-state index >= 15 is 0 Å². The molecule has 0 spiro atoms. The molecule has 0 fully saturated rings. The number of rotatable bonds is 6. The van der Waals surface area contributed by atoms with Crippen molar-refractivity contribution in [3.05, 3.63) is 65.7 Å². The lowest BCUT2D eigenvalue weighted by Crippen LogP contribution is -2.35. The molecule has 2 aromatic rings. The number of benzene rings is 2. The molecule has 26 heavy (non-hydrogen) atoms. The van der Waals surface area contributed by atoms with E-state index in [1.807, 2.05) is 35.8 Å². The van der Waals surface area contributed by atoms with Gasteiger partial charge >= 0.3 is 0 Å². The maximum absolute atomic E-state index is 12.6. The van der Waals surface area contributed by atoms with E-state index in [1.165, 1.54) is 18.2 Å². The molecule has 9 heteroatoms. The van der Waals surface area contributed by atoms with Crippen LogP contribution in [0, 0.1) is 0 Å². The molecule has 0 saturated heterocycles. The number of nitrogens with zero attached hydrogens (tertiary/aromatic N) is 1. The molecule has 0 saturated carbocycles. The third-order valence-corrected chi connectivity index (χ3v) is 5.38. The number of sulfonamides is 1. The van der Waals surface area contributed by atoms with Gasteiger partial charge in [0.2, 0.25) is 10.0 Å². The van der Waals surface area contributed by atoms with Gasteiger partial charge in [0.25, 0.3) is 5.91 Å². The molecule has 136 valence electrons. The summed E-state index contributed by atoms with van der Waals surface area (Å²) in [5.41, 5.74) is 3.60. The number of nitrogens with one attached hydrogen (secondary N) is 2. The van der Waals surface area contributed by atoms with Gasteiger partial charge in [-0.05, 0) is 17.7 Å². The molecule has 1 unspecified atom stereocenters. The zero-order valence-electron chi connectivity index (χ0n) is 13.8. The summed E-state index contributed by atoms with van der Waals surface area (Å²) in [6.45, 7) is 0.0285. The Hall–Kier alpha value is -2.75. The van der Waals surface area contributed by atoms with Crippen molar-refractivity contribution in [2.45, 2.75) is 17.4 Å². The molecule has 4 N–H and O–H groups in total. The highest BCUT2D eigenvalue weighted by atomic mass is 32.2. The Balaban J connectivity index is 1.66. The third kappa shape index (κ3) is 3.90. The smallest absolute Gasteiger partial charge is 0.266 e. The quantitative estimate of drug-likeness (QED) is 0.391. The lowest BCUT2D eigenvalue weighted by atomic mass is 10.1. The largest absolute Gasteiger partial charge is 0.390 e. The SMILES string of the molecule is NNC(=O)c1ccccc1S(=O)(=O)NCC1CC(c2ccccc2)=NO1. The van der Waals surface area contributed by atoms with Crippen LogP contribution in [0.25, 0.3) is 0 Å². The predicted molar refractivity (Wildman–Crippen MR) is 95.8 cm³/mol. The number of carbonyl (C=O) groups excluding carboxylic acids is 1. The molecule has 1 amide bonds. The van der Waals surface area contributed by atoms with Crippen LogP contribution >= 0.6 is 0 Å². The molecule has 1 heterocycles. The molecule has 1 atom stereocenters. The Morgan fingerprint density at radius 2 is 1.85 bits per heavy atom. The summed E-state index contributed by atoms with van der Waals surface area (Å²) in [5.74, 6) is 4.43. The second-order valence-corrected chi connectivity index (χ2v) is 7.39. The molecular weight excluding hydrogens is 356 g/mol. The molecule has 0 aliphatic carbocycles. The molecule has 0 bridgehead atoms. The summed E-state index contributed by atoms with van der Waals surface area (Å²) in [6.07, 6.45) is 0.0627. The second-order valence-electron chi connectivity index (χ2n) is 5.66. The number of carbonyl (C=O) groups is 1. The van der Waals surface area contributed by atoms with Gasteiger partial charge in [0.1, 0.15) is 6.10 Å². The summed E-state index contributed by atoms with van der Waals surface area (Å²) in [4.78, 5) is 16.9. The molecule has 0 radical (unpaired) electrons. The van der Waals surface area contributed by atoms with E-state index in [1.54, 1.807) is 6.07 Å². The highest BCUT2D eigenvalue weighted by Gasteiger charge is 2.26. The maximum Gasteiger partial charge on any atom is 0.266 e. The van der Waals surface area contributed by atoms with Crippen molar-refractivity contribution in [3.63, 3.8) is 0 Å². The predicted octanol–water partition coefficient (Wildman–Crippen LogP) is 0.762. The van der Waals surface area contributed by atoms with Crippen LogP contribution in [0.2, 0.25) is 0 Å². The van der Waals surface area contributed by atoms with Crippen LogP contribution in [0.5, 0.6) is 0 Å². The van der Waals surface area contributed by atoms with E-state index in [-0.39, 0.29) is 17.0 Å². The normalized spacial score (nSPS) is 16.7. The van der Waals surface area contributed by atoms with Crippen molar-refractivity contribution in [3.8, 4) is 0 Å². The van der Waals surface area contributed by atoms with Crippen LogP contribution in [0.1, 0.15) is 22.3 Å². The first kappa shape index (κ1) is 18.1. The zero-order valence-corrected chi connectivity index (χ0v) is 14.6. The lowest BCUT2D eigenvalue weighted by molar-refractivity contribution is 0.0891. The van der Waals surface area contributed by atoms with Gasteiger partial charge in [-0.2, -0.15) is 0 Å². The fraction of sp³-hybridized carbons (Fsp3) is 0.176. The highest BCUT2D eigenvalue weighted by molar-refractivity contribution is 7.89. The maximum atomic E-state index is 12.6. The zero-order chi connectivity index (χ0) is 18.6. The number of oxime groups is 1. The molecular formula is C17H18N4O4S. The highest BCUT2D eigenvalue weighted by Crippen LogP contribution is 2.18. The van der Waals surface area contributed by atoms with Crippen LogP contribution in [0.3, 0.4) is 0 Å². The fourth-order valence-electron chi connectivity index (χ4n) is 2.59. The molecule has 0 aromatic heterocycles. The number of hydrogen-bond donors (Lipinski definition) is 3. The van der Waals surface area contributed by atoms with Gasteiger partial charge in [0.05, 0.1) is 22.7 Å². The molecule has 2 aromatic carbocycles. The summed E-state index contributed by atoms with van der Waals surface area (Å²) < 4.78 is 27.6. The summed E-state index contributed by atoms with van der Waals surface area (Å²) in [5, 5.41) is 4.02. The third-order valence-electron chi connectivity index (χ3n) is 3.89. The second kappa shape index (κ2) is 7.65. The van der Waals surface area contributed by atoms with E-state index in [2.05, 4.69) is 9.88 Å². The topological polar surface area (TPSA) is 123 Å². The first-order valence-corrected chi connectivity index (χ1v) is 9.37. The van der Waals surface area contributed by atoms with Gasteiger partial charge in [-0.1, -0.05) is 47.6 Å². The minimum Gasteiger partial charge on any atom is -0.390 e. The van der Waals surface area contributed by atoms with Crippen molar-refractivity contribution in [2.75, 3.05) is 6.54 Å². The van der Waals surface area contributed by atoms with Crippen LogP contribution in [-0.4, -0.2) is 32.7 Å². The Morgan fingerprint density at radius 3 is 2.58 bits per heavy atom. The van der Waals surface area contributed by atoms with E-state index in [9.17, 15) is 13.2 Å². The lowest BCUT2D eigenvalue weighted by Gasteiger charge is -2.13. The molecule has 1 aliphatic rings. The Morgan fingerprint density at radius 1 is 1.15 bits per heavy atom. The monoisotopic (exact) mass is 374 g/mol. The minimum atomic E-state index is -3.91. The Kier molecular flexibility index (Phi) is 5.31. The summed E-state index contributed by atoms with van der Waals surface area (Å²) in [6, 6.07) is 15.3. The molecule has 8 nitrogen and oxygen atoms in total. The fourth-order valence-corrected chi connectivity index (χ4v) is 3.85. The van der Waals surface area contributed by atoms with Crippen LogP contribution in [-0.2, 0) is 14.9 Å². The van der Waals surface area contributed by atoms with E-state index < -0.39 is 22.0 Å². The summed E-state index contributed by atoms with van der Waals surface area (Å²) in [7, 11) is -3.91. The number of nitrogens with two attached hydrogens (primary N) is 1. The minimum absolute atomic E-state index is 0.0285. The van der Waals surface area contributed by atoms with Gasteiger partial charge in [-0.3, -0.25) is 10.2 Å². The molecule has 1 aliphatic heterocycles. The van der Waals surface area contributed by atoms with Crippen molar-refractivity contribution in [1.29, 1.82) is 0 Å². The van der Waals surface area contributed by atoms with Gasteiger partial charge < -0.3 is 4.84 Å². The number of amides is 1. The Bertz CT molecular complexity index is 929.